The topological polar surface area (TPSA) is 109 Å². The minimum Gasteiger partial charge on any atom is -0.507 e. The van der Waals surface area contributed by atoms with Crippen LogP contribution in [0.2, 0.25) is 0 Å². The Morgan fingerprint density at radius 3 is 2.33 bits per heavy atom. The lowest BCUT2D eigenvalue weighted by Gasteiger charge is -2.48. The van der Waals surface area contributed by atoms with E-state index in [1.165, 1.54) is 6.33 Å². The lowest BCUT2D eigenvalue weighted by Crippen LogP contribution is -2.62. The quantitative estimate of drug-likeness (QED) is 0.605. The first-order valence-electron chi connectivity index (χ1n) is 11.0. The highest BCUT2D eigenvalue weighted by atomic mass is 16.5. The summed E-state index contributed by atoms with van der Waals surface area (Å²) in [6.45, 7) is 8.89. The van der Waals surface area contributed by atoms with E-state index in [0.717, 1.165) is 18.4 Å². The van der Waals surface area contributed by atoms with Crippen molar-refractivity contribution in [2.75, 3.05) is 19.1 Å². The Bertz CT molecular complexity index is 1120. The molecule has 33 heavy (non-hydrogen) atoms. The molecule has 0 atom stereocenters. The van der Waals surface area contributed by atoms with Crippen molar-refractivity contribution in [2.45, 2.75) is 57.7 Å². The number of methoxy groups -OCH3 is 1. The Kier molecular flexibility index (Phi) is 5.92. The zero-order valence-corrected chi connectivity index (χ0v) is 20.0. The maximum atomic E-state index is 10.6. The van der Waals surface area contributed by atoms with Crippen LogP contribution in [0.1, 0.15) is 40.5 Å². The summed E-state index contributed by atoms with van der Waals surface area (Å²) in [6, 6.07) is 7.28. The highest BCUT2D eigenvalue weighted by molar-refractivity contribution is 5.72. The van der Waals surface area contributed by atoms with Crippen LogP contribution in [0.3, 0.4) is 0 Å². The second kappa shape index (κ2) is 8.55. The largest absolute Gasteiger partial charge is 0.507 e. The fraction of sp³-hybridized carbons (Fsp3) is 0.458. The number of phenolic OH excluding ortho intramolecular Hbond substituents is 1. The molecule has 1 aliphatic rings. The Labute approximate surface area is 194 Å². The van der Waals surface area contributed by atoms with Gasteiger partial charge < -0.3 is 20.1 Å². The molecule has 1 saturated heterocycles. The molecule has 0 unspecified atom stereocenters. The van der Waals surface area contributed by atoms with Crippen LogP contribution in [0.5, 0.6) is 11.6 Å². The molecule has 1 fully saturated rings. The average Bonchev–Trinajstić information content (AvgIpc) is 2.76. The number of anilines is 1. The summed E-state index contributed by atoms with van der Waals surface area (Å²) < 4.78 is 5.15. The van der Waals surface area contributed by atoms with Crippen LogP contribution in [0.15, 0.2) is 36.8 Å². The lowest BCUT2D eigenvalue weighted by atomic mass is 9.79. The molecule has 2 aromatic heterocycles. The van der Waals surface area contributed by atoms with Crippen molar-refractivity contribution in [3.8, 4) is 34.1 Å². The monoisotopic (exact) mass is 449 g/mol. The third kappa shape index (κ3) is 5.03. The molecule has 1 aromatic carbocycles. The molecule has 9 nitrogen and oxygen atoms in total. The summed E-state index contributed by atoms with van der Waals surface area (Å²) in [6.07, 6.45) is 5.04. The summed E-state index contributed by atoms with van der Waals surface area (Å²) in [5, 5.41) is 23.1. The molecule has 0 spiro atoms. The number of ether oxygens (including phenoxy) is 1. The van der Waals surface area contributed by atoms with Gasteiger partial charge in [0.1, 0.15) is 17.8 Å². The summed E-state index contributed by atoms with van der Waals surface area (Å²) in [7, 11) is 3.56. The van der Waals surface area contributed by atoms with Gasteiger partial charge in [0, 0.05) is 41.4 Å². The minimum absolute atomic E-state index is 0.0231. The van der Waals surface area contributed by atoms with Gasteiger partial charge in [-0.3, -0.25) is 0 Å². The lowest BCUT2D eigenvalue weighted by molar-refractivity contribution is 0.160. The predicted octanol–water partition coefficient (Wildman–Crippen LogP) is 3.46. The van der Waals surface area contributed by atoms with Crippen LogP contribution in [0.4, 0.5) is 5.95 Å². The molecule has 174 valence electrons. The van der Waals surface area contributed by atoms with E-state index in [1.807, 2.05) is 13.1 Å². The Morgan fingerprint density at radius 2 is 1.73 bits per heavy atom. The number of hydrogen-bond acceptors (Lipinski definition) is 9. The number of aromatic hydroxyl groups is 1. The summed E-state index contributed by atoms with van der Waals surface area (Å²) in [5.41, 5.74) is 2.49. The van der Waals surface area contributed by atoms with E-state index < -0.39 is 0 Å². The maximum absolute atomic E-state index is 10.6. The first-order valence-corrected chi connectivity index (χ1v) is 11.0. The molecule has 1 aliphatic heterocycles. The summed E-state index contributed by atoms with van der Waals surface area (Å²) in [4.78, 5) is 14.9. The molecule has 0 amide bonds. The number of benzene rings is 1. The number of nitrogens with one attached hydrogen (secondary N) is 1. The van der Waals surface area contributed by atoms with Gasteiger partial charge in [0.05, 0.1) is 19.0 Å². The SMILES string of the molecule is COc1cc(-c2ccc(-c3cnc(N(C)C4CC(C)(C)NC(C)(C)C4)nn3)c(O)c2)ncn1. The van der Waals surface area contributed by atoms with Crippen molar-refractivity contribution in [3.63, 3.8) is 0 Å². The minimum atomic E-state index is 0.0231. The molecule has 2 N–H and O–H groups in total. The van der Waals surface area contributed by atoms with E-state index >= 15 is 0 Å². The third-order valence-electron chi connectivity index (χ3n) is 6.00. The Morgan fingerprint density at radius 1 is 1.00 bits per heavy atom. The van der Waals surface area contributed by atoms with Gasteiger partial charge in [-0.1, -0.05) is 6.07 Å². The van der Waals surface area contributed by atoms with Crippen molar-refractivity contribution >= 4 is 5.95 Å². The fourth-order valence-electron chi connectivity index (χ4n) is 4.78. The van der Waals surface area contributed by atoms with Crippen LogP contribution in [0.25, 0.3) is 22.5 Å². The van der Waals surface area contributed by atoms with Crippen molar-refractivity contribution in [3.05, 3.63) is 36.8 Å². The zero-order valence-electron chi connectivity index (χ0n) is 20.0. The molecule has 0 saturated carbocycles. The van der Waals surface area contributed by atoms with Crippen molar-refractivity contribution in [1.29, 1.82) is 0 Å². The number of nitrogens with zero attached hydrogens (tertiary/aromatic N) is 6. The molecule has 4 rings (SSSR count). The fourth-order valence-corrected chi connectivity index (χ4v) is 4.78. The van der Waals surface area contributed by atoms with Gasteiger partial charge in [-0.15, -0.1) is 10.2 Å². The molecule has 9 heteroatoms. The van der Waals surface area contributed by atoms with E-state index in [0.29, 0.717) is 34.8 Å². The third-order valence-corrected chi connectivity index (χ3v) is 6.00. The Balaban J connectivity index is 1.54. The van der Waals surface area contributed by atoms with E-state index in [9.17, 15) is 5.11 Å². The van der Waals surface area contributed by atoms with Crippen LogP contribution >= 0.6 is 0 Å². The summed E-state index contributed by atoms with van der Waals surface area (Å²) >= 11 is 0. The highest BCUT2D eigenvalue weighted by Gasteiger charge is 2.39. The smallest absolute Gasteiger partial charge is 0.245 e. The number of aromatic nitrogens is 5. The van der Waals surface area contributed by atoms with Crippen LogP contribution in [-0.2, 0) is 0 Å². The van der Waals surface area contributed by atoms with Gasteiger partial charge in [0.2, 0.25) is 11.8 Å². The number of hydrogen-bond donors (Lipinski definition) is 2. The van der Waals surface area contributed by atoms with E-state index in [2.05, 4.69) is 63.1 Å². The molecule has 0 radical (unpaired) electrons. The van der Waals surface area contributed by atoms with Crippen LogP contribution < -0.4 is 15.0 Å². The molecule has 3 aromatic rings. The molecular formula is C24H31N7O2. The number of phenols is 1. The first-order chi connectivity index (χ1) is 15.6. The highest BCUT2D eigenvalue weighted by Crippen LogP contribution is 2.34. The van der Waals surface area contributed by atoms with Crippen molar-refractivity contribution in [2.24, 2.45) is 0 Å². The van der Waals surface area contributed by atoms with Gasteiger partial charge in [-0.05, 0) is 52.7 Å². The maximum Gasteiger partial charge on any atom is 0.245 e. The second-order valence-electron chi connectivity index (χ2n) is 9.89. The molecule has 0 aliphatic carbocycles. The van der Waals surface area contributed by atoms with Gasteiger partial charge in [-0.2, -0.15) is 0 Å². The standard InChI is InChI=1S/C24H31N7O2/c1-23(2)11-16(12-24(3,4)30-23)31(5)22-25-13-19(28-29-22)17-8-7-15(9-20(17)32)18-10-21(33-6)27-14-26-18/h7-10,13-14,16,30,32H,11-12H2,1-6H3. The normalized spacial score (nSPS) is 17.5. The average molecular weight is 450 g/mol. The predicted molar refractivity (Wildman–Crippen MR) is 127 cm³/mol. The second-order valence-corrected chi connectivity index (χ2v) is 9.89. The van der Waals surface area contributed by atoms with Gasteiger partial charge in [0.15, 0.2) is 0 Å². The van der Waals surface area contributed by atoms with Gasteiger partial charge >= 0.3 is 0 Å². The van der Waals surface area contributed by atoms with Crippen molar-refractivity contribution in [1.82, 2.24) is 30.5 Å². The summed E-state index contributed by atoms with van der Waals surface area (Å²) in [5.74, 6) is 1.10. The van der Waals surface area contributed by atoms with E-state index in [-0.39, 0.29) is 16.8 Å². The molecular weight excluding hydrogens is 418 g/mol. The number of piperidine rings is 1. The van der Waals surface area contributed by atoms with Crippen molar-refractivity contribution < 1.29 is 9.84 Å². The zero-order chi connectivity index (χ0) is 23.8. The van der Waals surface area contributed by atoms with Crippen LogP contribution in [0, 0.1) is 0 Å². The first kappa shape index (κ1) is 22.8. The molecule has 0 bridgehead atoms. The molecule has 3 heterocycles. The number of rotatable bonds is 5. The van der Waals surface area contributed by atoms with Crippen LogP contribution in [-0.4, -0.2) is 61.5 Å². The van der Waals surface area contributed by atoms with E-state index in [1.54, 1.807) is 31.5 Å². The van der Waals surface area contributed by atoms with E-state index in [4.69, 9.17) is 4.74 Å². The Hall–Kier alpha value is -3.33. The van der Waals surface area contributed by atoms with Gasteiger partial charge in [0.25, 0.3) is 0 Å². The van der Waals surface area contributed by atoms with Gasteiger partial charge in [-0.25, -0.2) is 15.0 Å².